The third-order valence-electron chi connectivity index (χ3n) is 6.04. The molecule has 0 spiro atoms. The molecule has 0 fully saturated rings. The maximum atomic E-state index is 13.1. The van der Waals surface area contributed by atoms with Crippen LogP contribution in [0.25, 0.3) is 16.6 Å². The van der Waals surface area contributed by atoms with Gasteiger partial charge in [0, 0.05) is 23.2 Å². The topological polar surface area (TPSA) is 109 Å². The first-order chi connectivity index (χ1) is 16.8. The molecule has 2 N–H and O–H groups in total. The average Bonchev–Trinajstić information content (AvgIpc) is 3.22. The average molecular weight is 468 g/mol. The maximum Gasteiger partial charge on any atom is 0.276 e. The lowest BCUT2D eigenvalue weighted by atomic mass is 9.89. The van der Waals surface area contributed by atoms with Gasteiger partial charge in [-0.1, -0.05) is 54.6 Å². The van der Waals surface area contributed by atoms with E-state index in [1.165, 1.54) is 0 Å². The van der Waals surface area contributed by atoms with Gasteiger partial charge < -0.3 is 10.4 Å². The van der Waals surface area contributed by atoms with Gasteiger partial charge in [0.1, 0.15) is 0 Å². The van der Waals surface area contributed by atoms with E-state index < -0.39 is 11.5 Å². The van der Waals surface area contributed by atoms with Crippen LogP contribution in [0.1, 0.15) is 36.3 Å². The number of azo groups is 1. The quantitative estimate of drug-likeness (QED) is 0.538. The highest BCUT2D eigenvalue weighted by molar-refractivity contribution is 6.11. The fourth-order valence-corrected chi connectivity index (χ4v) is 4.17. The zero-order chi connectivity index (χ0) is 24.6. The number of hydrogen-bond donors (Lipinski definition) is 2. The van der Waals surface area contributed by atoms with Crippen molar-refractivity contribution in [3.8, 4) is 0 Å². The molecule has 3 aromatic rings. The SMILES string of the molecule is CC(C)(O)CCn1nc(C(=O)Nc2ccc(C3=C4C=CC=CC4C(=O)N=N3)cc2)c2ccccc21. The second-order valence-electron chi connectivity index (χ2n) is 9.25. The number of nitrogens with one attached hydrogen (secondary N) is 1. The van der Waals surface area contributed by atoms with Crippen LogP contribution in [-0.2, 0) is 11.3 Å². The summed E-state index contributed by atoms with van der Waals surface area (Å²) in [4.78, 5) is 25.2. The van der Waals surface area contributed by atoms with Crippen molar-refractivity contribution in [2.45, 2.75) is 32.4 Å². The Hall–Kier alpha value is -4.17. The van der Waals surface area contributed by atoms with E-state index in [0.717, 1.165) is 22.0 Å². The van der Waals surface area contributed by atoms with Crippen LogP contribution in [-0.4, -0.2) is 32.3 Å². The molecule has 8 nitrogen and oxygen atoms in total. The molecule has 2 aliphatic rings. The smallest absolute Gasteiger partial charge is 0.276 e. The predicted octanol–water partition coefficient (Wildman–Crippen LogP) is 4.90. The van der Waals surface area contributed by atoms with Crippen LogP contribution in [0.4, 0.5) is 5.69 Å². The molecule has 1 aromatic heterocycles. The highest BCUT2D eigenvalue weighted by Crippen LogP contribution is 2.34. The van der Waals surface area contributed by atoms with Gasteiger partial charge in [0.15, 0.2) is 5.69 Å². The summed E-state index contributed by atoms with van der Waals surface area (Å²) < 4.78 is 1.76. The molecule has 1 unspecified atom stereocenters. The minimum Gasteiger partial charge on any atom is -0.390 e. The van der Waals surface area contributed by atoms with E-state index in [1.54, 1.807) is 30.7 Å². The Kier molecular flexibility index (Phi) is 5.74. The lowest BCUT2D eigenvalue weighted by molar-refractivity contribution is -0.119. The normalized spacial score (nSPS) is 17.2. The highest BCUT2D eigenvalue weighted by Gasteiger charge is 2.27. The van der Waals surface area contributed by atoms with E-state index in [-0.39, 0.29) is 11.8 Å². The van der Waals surface area contributed by atoms with Crippen molar-refractivity contribution < 1.29 is 14.7 Å². The molecule has 2 amide bonds. The third kappa shape index (κ3) is 4.61. The summed E-state index contributed by atoms with van der Waals surface area (Å²) in [6.45, 7) is 3.99. The van der Waals surface area contributed by atoms with Crippen molar-refractivity contribution in [1.82, 2.24) is 9.78 Å². The third-order valence-corrected chi connectivity index (χ3v) is 6.04. The van der Waals surface area contributed by atoms with Crippen molar-refractivity contribution in [2.75, 3.05) is 5.32 Å². The summed E-state index contributed by atoms with van der Waals surface area (Å²) in [6.07, 6.45) is 7.91. The second kappa shape index (κ2) is 8.88. The molecule has 1 aliphatic heterocycles. The number of allylic oxidation sites excluding steroid dienone is 3. The highest BCUT2D eigenvalue weighted by atomic mass is 16.3. The van der Waals surface area contributed by atoms with Gasteiger partial charge in [0.2, 0.25) is 0 Å². The first-order valence-corrected chi connectivity index (χ1v) is 11.4. The molecule has 0 saturated carbocycles. The Balaban J connectivity index is 1.38. The number of aliphatic hydroxyl groups is 1. The summed E-state index contributed by atoms with van der Waals surface area (Å²) in [5, 5.41) is 26.2. The molecule has 2 aromatic carbocycles. The monoisotopic (exact) mass is 467 g/mol. The number of nitrogens with zero attached hydrogens (tertiary/aromatic N) is 4. The summed E-state index contributed by atoms with van der Waals surface area (Å²) in [5.41, 5.74) is 3.21. The van der Waals surface area contributed by atoms with Crippen molar-refractivity contribution in [2.24, 2.45) is 16.1 Å². The number of amides is 2. The molecule has 2 heterocycles. The molecular weight excluding hydrogens is 442 g/mol. The Bertz CT molecular complexity index is 1440. The molecule has 176 valence electrons. The fourth-order valence-electron chi connectivity index (χ4n) is 4.17. The summed E-state index contributed by atoms with van der Waals surface area (Å²) in [7, 11) is 0. The minimum absolute atomic E-state index is 0.276. The van der Waals surface area contributed by atoms with Gasteiger partial charge in [-0.2, -0.15) is 5.10 Å². The van der Waals surface area contributed by atoms with Gasteiger partial charge in [0.05, 0.1) is 22.7 Å². The molecule has 0 bridgehead atoms. The number of carbonyl (C=O) groups excluding carboxylic acids is 2. The minimum atomic E-state index is -0.831. The van der Waals surface area contributed by atoms with Crippen LogP contribution in [0.5, 0.6) is 0 Å². The zero-order valence-corrected chi connectivity index (χ0v) is 19.5. The zero-order valence-electron chi connectivity index (χ0n) is 19.5. The first kappa shape index (κ1) is 22.6. The Labute approximate surface area is 202 Å². The molecule has 1 aliphatic carbocycles. The number of para-hydroxylation sites is 1. The van der Waals surface area contributed by atoms with Crippen LogP contribution >= 0.6 is 0 Å². The van der Waals surface area contributed by atoms with E-state index >= 15 is 0 Å². The summed E-state index contributed by atoms with van der Waals surface area (Å²) in [5.74, 6) is -1.00. The predicted molar refractivity (Wildman–Crippen MR) is 134 cm³/mol. The van der Waals surface area contributed by atoms with Gasteiger partial charge >= 0.3 is 0 Å². The molecule has 0 saturated heterocycles. The van der Waals surface area contributed by atoms with E-state index in [4.69, 9.17) is 0 Å². The lowest BCUT2D eigenvalue weighted by Gasteiger charge is -2.19. The van der Waals surface area contributed by atoms with Gasteiger partial charge in [-0.15, -0.1) is 10.2 Å². The summed E-state index contributed by atoms with van der Waals surface area (Å²) in [6, 6.07) is 14.8. The van der Waals surface area contributed by atoms with Crippen molar-refractivity contribution in [3.63, 3.8) is 0 Å². The number of hydrogen-bond acceptors (Lipinski definition) is 5. The van der Waals surface area contributed by atoms with Crippen LogP contribution < -0.4 is 5.32 Å². The van der Waals surface area contributed by atoms with Crippen molar-refractivity contribution in [3.05, 3.63) is 89.7 Å². The molecule has 1 atom stereocenters. The summed E-state index contributed by atoms with van der Waals surface area (Å²) >= 11 is 0. The van der Waals surface area contributed by atoms with Crippen LogP contribution in [0, 0.1) is 5.92 Å². The number of benzene rings is 2. The van der Waals surface area contributed by atoms with Crippen LogP contribution in [0.2, 0.25) is 0 Å². The fraction of sp³-hybridized carbons (Fsp3) is 0.222. The first-order valence-electron chi connectivity index (χ1n) is 11.4. The maximum absolute atomic E-state index is 13.1. The van der Waals surface area contributed by atoms with Crippen LogP contribution in [0.3, 0.4) is 0 Å². The number of aryl methyl sites for hydroxylation is 1. The molecule has 5 rings (SSSR count). The molecular formula is C27H25N5O3. The number of aromatic nitrogens is 2. The molecule has 0 radical (unpaired) electrons. The van der Waals surface area contributed by atoms with E-state index in [2.05, 4.69) is 20.6 Å². The number of fused-ring (bicyclic) bond motifs is 2. The van der Waals surface area contributed by atoms with Gasteiger partial charge in [-0.3, -0.25) is 14.3 Å². The van der Waals surface area contributed by atoms with Crippen molar-refractivity contribution in [1.29, 1.82) is 0 Å². The number of rotatable bonds is 6. The Morgan fingerprint density at radius 3 is 2.63 bits per heavy atom. The van der Waals surface area contributed by atoms with Gasteiger partial charge in [-0.05, 0) is 44.0 Å². The Morgan fingerprint density at radius 2 is 1.86 bits per heavy atom. The van der Waals surface area contributed by atoms with Crippen LogP contribution in [0.15, 0.2) is 88.6 Å². The van der Waals surface area contributed by atoms with E-state index in [1.807, 2.05) is 60.7 Å². The molecule has 35 heavy (non-hydrogen) atoms. The van der Waals surface area contributed by atoms with E-state index in [0.29, 0.717) is 30.0 Å². The van der Waals surface area contributed by atoms with Gasteiger partial charge in [-0.25, -0.2) is 0 Å². The van der Waals surface area contributed by atoms with Crippen molar-refractivity contribution >= 4 is 34.1 Å². The standard InChI is InChI=1S/C27H25N5O3/c1-27(2,35)15-16-32-22-10-6-5-9-21(22)24(31-32)26(34)28-18-13-11-17(12-14-18)23-19-7-3-4-8-20(19)25(33)30-29-23/h3-14,20,35H,15-16H2,1-2H3,(H,28,34). The Morgan fingerprint density at radius 1 is 1.09 bits per heavy atom. The number of anilines is 1. The molecule has 8 heteroatoms. The second-order valence-corrected chi connectivity index (χ2v) is 9.25. The van der Waals surface area contributed by atoms with E-state index in [9.17, 15) is 14.7 Å². The number of carbonyl (C=O) groups is 2. The van der Waals surface area contributed by atoms with Gasteiger partial charge in [0.25, 0.3) is 11.8 Å². The largest absolute Gasteiger partial charge is 0.390 e. The lowest BCUT2D eigenvalue weighted by Crippen LogP contribution is -2.21.